The van der Waals surface area contributed by atoms with E-state index in [1.807, 2.05) is 0 Å². The van der Waals surface area contributed by atoms with Crippen molar-refractivity contribution in [2.45, 2.75) is 0 Å². The van der Waals surface area contributed by atoms with Gasteiger partial charge in [-0.15, -0.1) is 0 Å². The van der Waals surface area contributed by atoms with Gasteiger partial charge in [-0.1, -0.05) is 0 Å². The number of rotatable bonds is 4. The summed E-state index contributed by atoms with van der Waals surface area (Å²) >= 11 is 5.58. The molecule has 1 heterocycles. The van der Waals surface area contributed by atoms with Crippen molar-refractivity contribution in [3.63, 3.8) is 0 Å². The quantitative estimate of drug-likeness (QED) is 0.530. The van der Waals surface area contributed by atoms with E-state index in [1.165, 1.54) is 19.2 Å². The highest BCUT2D eigenvalue weighted by atomic mass is 35.5. The number of ether oxygens (including phenoxy) is 1. The summed E-state index contributed by atoms with van der Waals surface area (Å²) in [6.45, 7) is 0. The van der Waals surface area contributed by atoms with E-state index in [2.05, 4.69) is 15.3 Å². The maximum atomic E-state index is 13.7. The zero-order valence-corrected chi connectivity index (χ0v) is 10.9. The molecule has 0 aliphatic rings. The molecule has 0 aliphatic carbocycles. The number of nitro groups is 1. The number of aromatic nitrogens is 2. The average Bonchev–Trinajstić information content (AvgIpc) is 2.41. The van der Waals surface area contributed by atoms with Gasteiger partial charge in [0.1, 0.15) is 17.8 Å². The lowest BCUT2D eigenvalue weighted by Crippen LogP contribution is -2.02. The van der Waals surface area contributed by atoms with Crippen LogP contribution in [0.3, 0.4) is 0 Å². The molecule has 1 aromatic carbocycles. The summed E-state index contributed by atoms with van der Waals surface area (Å²) in [7, 11) is 1.42. The zero-order valence-electron chi connectivity index (χ0n) is 10.1. The Kier molecular flexibility index (Phi) is 3.94. The topological polar surface area (TPSA) is 90.2 Å². The smallest absolute Gasteiger partial charge is 0.329 e. The Labute approximate surface area is 117 Å². The molecule has 0 unspecified atom stereocenters. The molecule has 0 amide bonds. The van der Waals surface area contributed by atoms with Gasteiger partial charge in [0, 0.05) is 6.07 Å². The minimum atomic E-state index is -0.698. The predicted molar refractivity (Wildman–Crippen MR) is 69.9 cm³/mol. The Morgan fingerprint density at radius 3 is 2.90 bits per heavy atom. The van der Waals surface area contributed by atoms with E-state index in [4.69, 9.17) is 16.3 Å². The lowest BCUT2D eigenvalue weighted by molar-refractivity contribution is -0.384. The van der Waals surface area contributed by atoms with Crippen molar-refractivity contribution in [3.05, 3.63) is 45.6 Å². The van der Waals surface area contributed by atoms with E-state index >= 15 is 0 Å². The summed E-state index contributed by atoms with van der Waals surface area (Å²) in [4.78, 5) is 17.4. The third kappa shape index (κ3) is 2.91. The largest absolute Gasteiger partial charge is 0.497 e. The molecule has 2 aromatic rings. The average molecular weight is 299 g/mol. The molecule has 0 saturated carbocycles. The molecule has 104 valence electrons. The van der Waals surface area contributed by atoms with E-state index in [9.17, 15) is 14.5 Å². The molecule has 0 radical (unpaired) electrons. The lowest BCUT2D eigenvalue weighted by atomic mass is 10.3. The Balaban J connectivity index is 2.43. The fourth-order valence-electron chi connectivity index (χ4n) is 1.43. The number of halogens is 2. The normalized spacial score (nSPS) is 10.2. The SMILES string of the molecule is COc1ccc(F)c(Nc2nc(Cl)ncc2[N+](=O)[O-])c1. The Hall–Kier alpha value is -2.48. The highest BCUT2D eigenvalue weighted by Crippen LogP contribution is 2.29. The second-order valence-electron chi connectivity index (χ2n) is 3.60. The molecule has 2 rings (SSSR count). The molecule has 0 atom stereocenters. The number of nitrogens with one attached hydrogen (secondary N) is 1. The van der Waals surface area contributed by atoms with Crippen LogP contribution in [-0.2, 0) is 0 Å². The van der Waals surface area contributed by atoms with Gasteiger partial charge < -0.3 is 10.1 Å². The molecule has 0 spiro atoms. The molecular formula is C11H8ClFN4O3. The Bertz CT molecular complexity index is 668. The summed E-state index contributed by atoms with van der Waals surface area (Å²) in [5.74, 6) is -0.436. The van der Waals surface area contributed by atoms with Crippen LogP contribution < -0.4 is 10.1 Å². The van der Waals surface area contributed by atoms with Crippen molar-refractivity contribution in [1.29, 1.82) is 0 Å². The van der Waals surface area contributed by atoms with Crippen LogP contribution in [0, 0.1) is 15.9 Å². The molecule has 1 aromatic heterocycles. The number of anilines is 2. The van der Waals surface area contributed by atoms with Crippen LogP contribution in [0.15, 0.2) is 24.4 Å². The van der Waals surface area contributed by atoms with Crippen LogP contribution in [0.1, 0.15) is 0 Å². The fraction of sp³-hybridized carbons (Fsp3) is 0.0909. The van der Waals surface area contributed by atoms with Crippen molar-refractivity contribution in [1.82, 2.24) is 9.97 Å². The van der Waals surface area contributed by atoms with Crippen LogP contribution in [0.2, 0.25) is 5.28 Å². The monoisotopic (exact) mass is 298 g/mol. The number of nitrogens with zero attached hydrogens (tertiary/aromatic N) is 3. The van der Waals surface area contributed by atoms with Crippen molar-refractivity contribution >= 4 is 28.8 Å². The summed E-state index contributed by atoms with van der Waals surface area (Å²) in [6.07, 6.45) is 0.940. The van der Waals surface area contributed by atoms with Crippen LogP contribution in [0.4, 0.5) is 21.6 Å². The summed E-state index contributed by atoms with van der Waals surface area (Å²) < 4.78 is 18.6. The van der Waals surface area contributed by atoms with Crippen LogP contribution >= 0.6 is 11.6 Å². The molecule has 0 saturated heterocycles. The van der Waals surface area contributed by atoms with Gasteiger partial charge in [0.25, 0.3) is 0 Å². The lowest BCUT2D eigenvalue weighted by Gasteiger charge is -2.08. The molecule has 9 heteroatoms. The van der Waals surface area contributed by atoms with E-state index in [0.29, 0.717) is 5.75 Å². The Morgan fingerprint density at radius 2 is 2.25 bits per heavy atom. The number of hydrogen-bond donors (Lipinski definition) is 1. The molecular weight excluding hydrogens is 291 g/mol. The molecule has 1 N–H and O–H groups in total. The zero-order chi connectivity index (χ0) is 14.7. The number of hydrogen-bond acceptors (Lipinski definition) is 6. The Morgan fingerprint density at radius 1 is 1.50 bits per heavy atom. The first-order valence-corrected chi connectivity index (χ1v) is 5.66. The van der Waals surface area contributed by atoms with Crippen molar-refractivity contribution in [3.8, 4) is 5.75 Å². The molecule has 0 bridgehead atoms. The van der Waals surface area contributed by atoms with Gasteiger partial charge in [0.2, 0.25) is 11.1 Å². The number of benzene rings is 1. The van der Waals surface area contributed by atoms with E-state index in [0.717, 1.165) is 12.3 Å². The maximum Gasteiger partial charge on any atom is 0.329 e. The van der Waals surface area contributed by atoms with Crippen molar-refractivity contribution in [2.24, 2.45) is 0 Å². The first-order chi connectivity index (χ1) is 9.51. The van der Waals surface area contributed by atoms with Gasteiger partial charge in [-0.05, 0) is 23.7 Å². The minimum Gasteiger partial charge on any atom is -0.497 e. The molecule has 0 fully saturated rings. The van der Waals surface area contributed by atoms with E-state index in [1.54, 1.807) is 0 Å². The molecule has 7 nitrogen and oxygen atoms in total. The third-order valence-electron chi connectivity index (χ3n) is 2.36. The first-order valence-electron chi connectivity index (χ1n) is 5.28. The van der Waals surface area contributed by atoms with Gasteiger partial charge in [-0.2, -0.15) is 4.98 Å². The predicted octanol–water partition coefficient (Wildman–Crippen LogP) is 2.93. The maximum absolute atomic E-state index is 13.7. The minimum absolute atomic E-state index is 0.0257. The second-order valence-corrected chi connectivity index (χ2v) is 3.94. The van der Waals surface area contributed by atoms with Crippen LogP contribution in [0.25, 0.3) is 0 Å². The first kappa shape index (κ1) is 13.9. The van der Waals surface area contributed by atoms with Crippen LogP contribution in [0.5, 0.6) is 5.75 Å². The third-order valence-corrected chi connectivity index (χ3v) is 2.55. The standard InChI is InChI=1S/C11H8ClFN4O3/c1-20-6-2-3-7(13)8(4-6)15-10-9(17(18)19)5-14-11(12)16-10/h2-5H,1H3,(H,14,15,16). The van der Waals surface area contributed by atoms with Crippen molar-refractivity contribution in [2.75, 3.05) is 12.4 Å². The highest BCUT2D eigenvalue weighted by Gasteiger charge is 2.18. The molecule has 20 heavy (non-hydrogen) atoms. The van der Waals surface area contributed by atoms with E-state index in [-0.39, 0.29) is 16.8 Å². The van der Waals surface area contributed by atoms with Crippen LogP contribution in [-0.4, -0.2) is 22.0 Å². The van der Waals surface area contributed by atoms with Gasteiger partial charge >= 0.3 is 5.69 Å². The van der Waals surface area contributed by atoms with Gasteiger partial charge in [0.15, 0.2) is 0 Å². The highest BCUT2D eigenvalue weighted by molar-refractivity contribution is 6.28. The summed E-state index contributed by atoms with van der Waals surface area (Å²) in [6, 6.07) is 3.92. The summed E-state index contributed by atoms with van der Waals surface area (Å²) in [5.41, 5.74) is -0.446. The summed E-state index contributed by atoms with van der Waals surface area (Å²) in [5, 5.41) is 13.2. The fourth-order valence-corrected chi connectivity index (χ4v) is 1.57. The van der Waals surface area contributed by atoms with Gasteiger partial charge in [0.05, 0.1) is 17.7 Å². The number of methoxy groups -OCH3 is 1. The van der Waals surface area contributed by atoms with Gasteiger partial charge in [-0.3, -0.25) is 10.1 Å². The molecule has 0 aliphatic heterocycles. The van der Waals surface area contributed by atoms with Gasteiger partial charge in [-0.25, -0.2) is 9.37 Å². The van der Waals surface area contributed by atoms with E-state index < -0.39 is 16.4 Å². The van der Waals surface area contributed by atoms with Crippen molar-refractivity contribution < 1.29 is 14.1 Å². The second kappa shape index (κ2) is 5.66.